The molecular formula is C53H93NO3. The van der Waals surface area contributed by atoms with Crippen LogP contribution in [0.4, 0.5) is 0 Å². The summed E-state index contributed by atoms with van der Waals surface area (Å²) in [7, 11) is 0. The van der Waals surface area contributed by atoms with Crippen molar-refractivity contribution in [3.8, 4) is 0 Å². The van der Waals surface area contributed by atoms with Gasteiger partial charge in [0.1, 0.15) is 0 Å². The van der Waals surface area contributed by atoms with Crippen LogP contribution < -0.4 is 5.32 Å². The van der Waals surface area contributed by atoms with Crippen LogP contribution in [0.2, 0.25) is 0 Å². The van der Waals surface area contributed by atoms with Crippen molar-refractivity contribution in [2.45, 2.75) is 238 Å². The molecule has 57 heavy (non-hydrogen) atoms. The Morgan fingerprint density at radius 1 is 0.439 bits per heavy atom. The Morgan fingerprint density at radius 3 is 1.16 bits per heavy atom. The summed E-state index contributed by atoms with van der Waals surface area (Å²) >= 11 is 0. The van der Waals surface area contributed by atoms with Crippen molar-refractivity contribution in [3.05, 3.63) is 85.1 Å². The average Bonchev–Trinajstić information content (AvgIpc) is 3.22. The second kappa shape index (κ2) is 47.9. The highest BCUT2D eigenvalue weighted by molar-refractivity contribution is 5.76. The van der Waals surface area contributed by atoms with Crippen molar-refractivity contribution in [1.82, 2.24) is 5.32 Å². The number of unbranched alkanes of at least 4 members (excludes halogenated alkanes) is 24. The number of carbonyl (C=O) groups is 1. The summed E-state index contributed by atoms with van der Waals surface area (Å²) in [4.78, 5) is 12.4. The molecule has 0 aliphatic rings. The fourth-order valence-electron chi connectivity index (χ4n) is 6.95. The SMILES string of the molecule is CC/C=C\C/C=C\C/C=C\C/C=C\C/C=C\C/C=C\CCCCCCCCCCCCCCCCCCC(=O)NC(CO)C(O)/C=C/CCCCCCCCCC. The maximum absolute atomic E-state index is 12.4. The number of nitrogens with one attached hydrogen (secondary N) is 1. The van der Waals surface area contributed by atoms with E-state index in [2.05, 4.69) is 92.1 Å². The van der Waals surface area contributed by atoms with Gasteiger partial charge >= 0.3 is 0 Å². The van der Waals surface area contributed by atoms with Gasteiger partial charge < -0.3 is 15.5 Å². The highest BCUT2D eigenvalue weighted by atomic mass is 16.3. The molecule has 0 saturated heterocycles. The maximum Gasteiger partial charge on any atom is 0.220 e. The molecule has 328 valence electrons. The first kappa shape index (κ1) is 54.6. The number of aliphatic hydroxyl groups is 2. The largest absolute Gasteiger partial charge is 0.394 e. The third-order valence-electron chi connectivity index (χ3n) is 10.6. The predicted octanol–water partition coefficient (Wildman–Crippen LogP) is 15.6. The van der Waals surface area contributed by atoms with E-state index < -0.39 is 12.1 Å². The number of hydrogen-bond acceptors (Lipinski definition) is 3. The summed E-state index contributed by atoms with van der Waals surface area (Å²) in [6.45, 7) is 4.17. The van der Waals surface area contributed by atoms with Crippen molar-refractivity contribution >= 4 is 5.91 Å². The number of aliphatic hydroxyl groups excluding tert-OH is 2. The molecule has 2 atom stereocenters. The molecule has 2 unspecified atom stereocenters. The summed E-state index contributed by atoms with van der Waals surface area (Å²) in [6, 6.07) is -0.623. The van der Waals surface area contributed by atoms with Crippen LogP contribution in [-0.2, 0) is 4.79 Å². The minimum absolute atomic E-state index is 0.0681. The Labute approximate surface area is 354 Å². The highest BCUT2D eigenvalue weighted by Crippen LogP contribution is 2.15. The van der Waals surface area contributed by atoms with E-state index in [1.807, 2.05) is 6.08 Å². The first-order valence-electron chi connectivity index (χ1n) is 24.3. The van der Waals surface area contributed by atoms with Gasteiger partial charge in [-0.3, -0.25) is 4.79 Å². The normalized spacial score (nSPS) is 13.7. The van der Waals surface area contributed by atoms with Crippen molar-refractivity contribution in [1.29, 1.82) is 0 Å². The van der Waals surface area contributed by atoms with Crippen LogP contribution >= 0.6 is 0 Å². The third-order valence-corrected chi connectivity index (χ3v) is 10.6. The van der Waals surface area contributed by atoms with Crippen LogP contribution in [0.15, 0.2) is 85.1 Å². The molecule has 0 heterocycles. The summed E-state index contributed by atoms with van der Waals surface area (Å²) in [6.07, 6.45) is 70.1. The molecule has 0 aromatic rings. The zero-order valence-electron chi connectivity index (χ0n) is 37.6. The van der Waals surface area contributed by atoms with Crippen LogP contribution in [0.5, 0.6) is 0 Å². The molecule has 1 amide bonds. The molecule has 0 radical (unpaired) electrons. The van der Waals surface area contributed by atoms with Crippen LogP contribution in [0.3, 0.4) is 0 Å². The Bertz CT molecular complexity index is 1030. The van der Waals surface area contributed by atoms with Gasteiger partial charge in [-0.2, -0.15) is 0 Å². The van der Waals surface area contributed by atoms with Gasteiger partial charge in [0, 0.05) is 6.42 Å². The second-order valence-electron chi connectivity index (χ2n) is 16.1. The molecule has 4 nitrogen and oxygen atoms in total. The molecule has 0 aromatic heterocycles. The van der Waals surface area contributed by atoms with Gasteiger partial charge in [0.2, 0.25) is 5.91 Å². The van der Waals surface area contributed by atoms with E-state index in [9.17, 15) is 15.0 Å². The molecule has 0 bridgehead atoms. The maximum atomic E-state index is 12.4. The van der Waals surface area contributed by atoms with Crippen molar-refractivity contribution in [2.24, 2.45) is 0 Å². The number of carbonyl (C=O) groups excluding carboxylic acids is 1. The van der Waals surface area contributed by atoms with Crippen LogP contribution in [0.1, 0.15) is 226 Å². The van der Waals surface area contributed by atoms with Gasteiger partial charge in [0.05, 0.1) is 18.8 Å². The Balaban J connectivity index is 3.49. The van der Waals surface area contributed by atoms with E-state index in [1.165, 1.54) is 141 Å². The van der Waals surface area contributed by atoms with Gasteiger partial charge in [-0.1, -0.05) is 234 Å². The molecule has 0 saturated carbocycles. The number of rotatable bonds is 43. The first-order valence-corrected chi connectivity index (χ1v) is 24.3. The molecule has 0 aromatic carbocycles. The Kier molecular flexibility index (Phi) is 45.9. The lowest BCUT2D eigenvalue weighted by atomic mass is 10.0. The lowest BCUT2D eigenvalue weighted by Gasteiger charge is -2.20. The second-order valence-corrected chi connectivity index (χ2v) is 16.1. The summed E-state index contributed by atoms with van der Waals surface area (Å²) in [5.41, 5.74) is 0. The van der Waals surface area contributed by atoms with Crippen molar-refractivity contribution in [3.63, 3.8) is 0 Å². The Hall–Kier alpha value is -2.43. The van der Waals surface area contributed by atoms with E-state index in [-0.39, 0.29) is 12.5 Å². The van der Waals surface area contributed by atoms with E-state index >= 15 is 0 Å². The van der Waals surface area contributed by atoms with E-state index in [1.54, 1.807) is 6.08 Å². The van der Waals surface area contributed by atoms with Crippen LogP contribution in [-0.4, -0.2) is 34.9 Å². The van der Waals surface area contributed by atoms with Gasteiger partial charge in [0.15, 0.2) is 0 Å². The molecule has 0 aliphatic carbocycles. The minimum atomic E-state index is -0.839. The number of allylic oxidation sites excluding steroid dienone is 13. The highest BCUT2D eigenvalue weighted by Gasteiger charge is 2.17. The van der Waals surface area contributed by atoms with Gasteiger partial charge in [-0.05, 0) is 70.6 Å². The average molecular weight is 792 g/mol. The smallest absolute Gasteiger partial charge is 0.220 e. The minimum Gasteiger partial charge on any atom is -0.394 e. The van der Waals surface area contributed by atoms with E-state index in [0.29, 0.717) is 6.42 Å². The van der Waals surface area contributed by atoms with Gasteiger partial charge in [-0.15, -0.1) is 0 Å². The molecule has 0 fully saturated rings. The Morgan fingerprint density at radius 2 is 0.772 bits per heavy atom. The lowest BCUT2D eigenvalue weighted by molar-refractivity contribution is -0.123. The van der Waals surface area contributed by atoms with Crippen molar-refractivity contribution < 1.29 is 15.0 Å². The van der Waals surface area contributed by atoms with Gasteiger partial charge in [-0.25, -0.2) is 0 Å². The third kappa shape index (κ3) is 44.5. The summed E-state index contributed by atoms with van der Waals surface area (Å²) < 4.78 is 0. The standard InChI is InChI=1S/C53H93NO3/c1-3-5-7-9-11-13-15-16-17-18-19-20-21-22-23-24-25-26-27-28-29-30-31-32-33-34-35-36-37-38-39-41-43-45-47-49-53(57)54-51(50-55)52(56)48-46-44-42-40-14-12-10-8-6-4-2/h5,7,11,13,16-17,19-20,22-23,25-26,46,48,51-52,55-56H,3-4,6,8-10,12,14-15,18,21,24,27-45,47,49-50H2,1-2H3,(H,54,57)/b7-5-,13-11-,17-16-,20-19-,23-22-,26-25-,48-46+. The summed E-state index contributed by atoms with van der Waals surface area (Å²) in [5.74, 6) is -0.0681. The number of amides is 1. The molecule has 0 rings (SSSR count). The fraction of sp³-hybridized carbons (Fsp3) is 0.717. The molecule has 4 heteroatoms. The molecular weight excluding hydrogens is 699 g/mol. The van der Waals surface area contributed by atoms with Crippen LogP contribution in [0.25, 0.3) is 0 Å². The topological polar surface area (TPSA) is 69.6 Å². The summed E-state index contributed by atoms with van der Waals surface area (Å²) in [5, 5.41) is 22.9. The quantitative estimate of drug-likeness (QED) is 0.0425. The zero-order chi connectivity index (χ0) is 41.4. The lowest BCUT2D eigenvalue weighted by Crippen LogP contribution is -2.45. The predicted molar refractivity (Wildman–Crippen MR) is 253 cm³/mol. The molecule has 0 spiro atoms. The zero-order valence-corrected chi connectivity index (χ0v) is 37.6. The first-order chi connectivity index (χ1) is 28.2. The van der Waals surface area contributed by atoms with Crippen molar-refractivity contribution in [2.75, 3.05) is 6.61 Å². The number of hydrogen-bond donors (Lipinski definition) is 3. The van der Waals surface area contributed by atoms with E-state index in [0.717, 1.165) is 64.2 Å². The van der Waals surface area contributed by atoms with Crippen LogP contribution in [0, 0.1) is 0 Å². The van der Waals surface area contributed by atoms with Gasteiger partial charge in [0.25, 0.3) is 0 Å². The molecule has 3 N–H and O–H groups in total. The fourth-order valence-corrected chi connectivity index (χ4v) is 6.95. The molecule has 0 aliphatic heterocycles. The monoisotopic (exact) mass is 792 g/mol. The van der Waals surface area contributed by atoms with E-state index in [4.69, 9.17) is 0 Å².